The van der Waals surface area contributed by atoms with E-state index in [1.807, 2.05) is 12.1 Å². The first-order chi connectivity index (χ1) is 9.54. The smallest absolute Gasteiger partial charge is 0.305 e. The standard InChI is InChI=1S/C14H18N2O4/c1-20-11-6-2-4-9-5-3-7-16(13(9)11)14(19)10(15)8-12(17)18/h2,4,6,10H,3,5,7-8,15H2,1H3,(H,17,18). The molecule has 2 rings (SSSR count). The number of benzene rings is 1. The molecule has 1 aliphatic rings. The average molecular weight is 278 g/mol. The molecule has 3 N–H and O–H groups in total. The largest absolute Gasteiger partial charge is 0.495 e. The van der Waals surface area contributed by atoms with Gasteiger partial charge in [0.15, 0.2) is 0 Å². The zero-order chi connectivity index (χ0) is 14.7. The van der Waals surface area contributed by atoms with Gasteiger partial charge in [-0.25, -0.2) is 0 Å². The molecule has 1 aromatic rings. The number of aliphatic carboxylic acids is 1. The first-order valence-electron chi connectivity index (χ1n) is 6.49. The summed E-state index contributed by atoms with van der Waals surface area (Å²) in [5, 5.41) is 8.75. The van der Waals surface area contributed by atoms with Crippen molar-refractivity contribution in [3.8, 4) is 5.75 Å². The van der Waals surface area contributed by atoms with Gasteiger partial charge in [-0.05, 0) is 24.5 Å². The second-order valence-corrected chi connectivity index (χ2v) is 4.77. The van der Waals surface area contributed by atoms with Crippen LogP contribution in [0.4, 0.5) is 5.69 Å². The minimum absolute atomic E-state index is 0.375. The van der Waals surface area contributed by atoms with Crippen LogP contribution in [0, 0.1) is 0 Å². The topological polar surface area (TPSA) is 92.9 Å². The van der Waals surface area contributed by atoms with E-state index >= 15 is 0 Å². The van der Waals surface area contributed by atoms with E-state index in [4.69, 9.17) is 15.6 Å². The number of para-hydroxylation sites is 1. The number of ether oxygens (including phenoxy) is 1. The Labute approximate surface area is 117 Å². The van der Waals surface area contributed by atoms with E-state index in [0.717, 1.165) is 18.4 Å². The monoisotopic (exact) mass is 278 g/mol. The fraction of sp³-hybridized carbons (Fsp3) is 0.429. The van der Waals surface area contributed by atoms with Gasteiger partial charge in [0, 0.05) is 6.54 Å². The third kappa shape index (κ3) is 2.75. The summed E-state index contributed by atoms with van der Waals surface area (Å²) in [6.07, 6.45) is 1.32. The second kappa shape index (κ2) is 5.92. The number of aryl methyl sites for hydroxylation is 1. The molecule has 1 unspecified atom stereocenters. The molecule has 1 atom stereocenters. The number of nitrogens with zero attached hydrogens (tertiary/aromatic N) is 1. The molecule has 0 radical (unpaired) electrons. The van der Waals surface area contributed by atoms with Crippen LogP contribution in [0.25, 0.3) is 0 Å². The van der Waals surface area contributed by atoms with E-state index in [2.05, 4.69) is 0 Å². The number of carboxylic acids is 1. The van der Waals surface area contributed by atoms with Gasteiger partial charge in [0.05, 0.1) is 25.3 Å². The predicted molar refractivity (Wildman–Crippen MR) is 73.9 cm³/mol. The molecule has 6 nitrogen and oxygen atoms in total. The second-order valence-electron chi connectivity index (χ2n) is 4.77. The number of fused-ring (bicyclic) bond motifs is 1. The number of hydrogen-bond donors (Lipinski definition) is 2. The maximum Gasteiger partial charge on any atom is 0.305 e. The molecule has 1 aliphatic heterocycles. The average Bonchev–Trinajstić information content (AvgIpc) is 2.44. The number of nitrogens with two attached hydrogens (primary N) is 1. The highest BCUT2D eigenvalue weighted by atomic mass is 16.5. The zero-order valence-corrected chi connectivity index (χ0v) is 11.3. The zero-order valence-electron chi connectivity index (χ0n) is 11.3. The Morgan fingerprint density at radius 2 is 2.25 bits per heavy atom. The minimum atomic E-state index is -1.08. The maximum atomic E-state index is 12.3. The molecule has 0 aliphatic carbocycles. The molecule has 6 heteroatoms. The summed E-state index contributed by atoms with van der Waals surface area (Å²) in [6, 6.07) is 4.57. The Balaban J connectivity index is 2.32. The maximum absolute atomic E-state index is 12.3. The van der Waals surface area contributed by atoms with Crippen molar-refractivity contribution in [1.29, 1.82) is 0 Å². The molecule has 0 saturated carbocycles. The molecule has 0 saturated heterocycles. The molecule has 1 amide bonds. The molecule has 20 heavy (non-hydrogen) atoms. The number of rotatable bonds is 4. The van der Waals surface area contributed by atoms with Crippen molar-refractivity contribution in [2.45, 2.75) is 25.3 Å². The Bertz CT molecular complexity index is 516. The Hall–Kier alpha value is -2.08. The van der Waals surface area contributed by atoms with E-state index in [1.165, 1.54) is 0 Å². The van der Waals surface area contributed by atoms with E-state index < -0.39 is 12.0 Å². The van der Waals surface area contributed by atoms with Crippen molar-refractivity contribution < 1.29 is 19.4 Å². The van der Waals surface area contributed by atoms with Crippen molar-refractivity contribution in [2.24, 2.45) is 5.73 Å². The normalized spacial score (nSPS) is 15.4. The Morgan fingerprint density at radius 3 is 2.90 bits per heavy atom. The van der Waals surface area contributed by atoms with E-state index in [9.17, 15) is 9.59 Å². The highest BCUT2D eigenvalue weighted by Gasteiger charge is 2.30. The third-order valence-corrected chi connectivity index (χ3v) is 3.38. The summed E-state index contributed by atoms with van der Waals surface area (Å²) in [4.78, 5) is 24.6. The lowest BCUT2D eigenvalue weighted by molar-refractivity contribution is -0.139. The van der Waals surface area contributed by atoms with Crippen LogP contribution < -0.4 is 15.4 Å². The van der Waals surface area contributed by atoms with Crippen molar-refractivity contribution in [3.63, 3.8) is 0 Å². The molecule has 0 spiro atoms. The number of methoxy groups -OCH3 is 1. The van der Waals surface area contributed by atoms with Crippen molar-refractivity contribution >= 4 is 17.6 Å². The van der Waals surface area contributed by atoms with Gasteiger partial charge in [0.2, 0.25) is 5.91 Å². The molecule has 1 heterocycles. The first kappa shape index (κ1) is 14.3. The lowest BCUT2D eigenvalue weighted by Crippen LogP contribution is -2.47. The fourth-order valence-corrected chi connectivity index (χ4v) is 2.48. The van der Waals surface area contributed by atoms with Crippen LogP contribution in [0.15, 0.2) is 18.2 Å². The lowest BCUT2D eigenvalue weighted by atomic mass is 9.99. The van der Waals surface area contributed by atoms with Gasteiger partial charge in [0.1, 0.15) is 5.75 Å². The molecular weight excluding hydrogens is 260 g/mol. The van der Waals surface area contributed by atoms with Crippen LogP contribution in [0.2, 0.25) is 0 Å². The van der Waals surface area contributed by atoms with Crippen LogP contribution in [0.5, 0.6) is 5.75 Å². The van der Waals surface area contributed by atoms with Crippen LogP contribution in [0.3, 0.4) is 0 Å². The molecule has 108 valence electrons. The first-order valence-corrected chi connectivity index (χ1v) is 6.49. The van der Waals surface area contributed by atoms with Gasteiger partial charge in [-0.3, -0.25) is 9.59 Å². The SMILES string of the molecule is COc1cccc2c1N(C(=O)C(N)CC(=O)O)CCC2. The van der Waals surface area contributed by atoms with Crippen LogP contribution in [0.1, 0.15) is 18.4 Å². The molecular formula is C14H18N2O4. The minimum Gasteiger partial charge on any atom is -0.495 e. The van der Waals surface area contributed by atoms with Crippen molar-refractivity contribution in [2.75, 3.05) is 18.6 Å². The molecule has 0 aromatic heterocycles. The van der Waals surface area contributed by atoms with Gasteiger partial charge in [-0.1, -0.05) is 12.1 Å². The van der Waals surface area contributed by atoms with Crippen molar-refractivity contribution in [1.82, 2.24) is 0 Å². The predicted octanol–water partition coefficient (Wildman–Crippen LogP) is 0.776. The summed E-state index contributed by atoms with van der Waals surface area (Å²) >= 11 is 0. The summed E-state index contributed by atoms with van der Waals surface area (Å²) in [5.74, 6) is -0.848. The highest BCUT2D eigenvalue weighted by molar-refractivity contribution is 6.00. The molecule has 0 bridgehead atoms. The summed E-state index contributed by atoms with van der Waals surface area (Å²) in [7, 11) is 1.55. The van der Waals surface area contributed by atoms with Crippen LogP contribution in [-0.4, -0.2) is 36.7 Å². The van der Waals surface area contributed by atoms with Crippen molar-refractivity contribution in [3.05, 3.63) is 23.8 Å². The Kier molecular flexibility index (Phi) is 4.24. The van der Waals surface area contributed by atoms with E-state index in [1.54, 1.807) is 18.1 Å². The number of anilines is 1. The quantitative estimate of drug-likeness (QED) is 0.849. The van der Waals surface area contributed by atoms with Gasteiger partial charge >= 0.3 is 5.97 Å². The lowest BCUT2D eigenvalue weighted by Gasteiger charge is -2.32. The molecule has 0 fully saturated rings. The molecule has 1 aromatic carbocycles. The van der Waals surface area contributed by atoms with Gasteiger partial charge in [-0.15, -0.1) is 0 Å². The summed E-state index contributed by atoms with van der Waals surface area (Å²) < 4.78 is 5.30. The number of carbonyl (C=O) groups excluding carboxylic acids is 1. The fourth-order valence-electron chi connectivity index (χ4n) is 2.48. The number of hydrogen-bond acceptors (Lipinski definition) is 4. The van der Waals surface area contributed by atoms with E-state index in [-0.39, 0.29) is 12.3 Å². The highest BCUT2D eigenvalue weighted by Crippen LogP contribution is 2.36. The number of amides is 1. The Morgan fingerprint density at radius 1 is 1.50 bits per heavy atom. The van der Waals surface area contributed by atoms with Crippen LogP contribution in [-0.2, 0) is 16.0 Å². The number of carbonyl (C=O) groups is 2. The van der Waals surface area contributed by atoms with Gasteiger partial charge in [0.25, 0.3) is 0 Å². The van der Waals surface area contributed by atoms with Gasteiger partial charge < -0.3 is 20.5 Å². The summed E-state index contributed by atoms with van der Waals surface area (Å²) in [6.45, 7) is 0.527. The third-order valence-electron chi connectivity index (χ3n) is 3.38. The van der Waals surface area contributed by atoms with Crippen LogP contribution >= 0.6 is 0 Å². The number of carboxylic acid groups (broad SMARTS) is 1. The van der Waals surface area contributed by atoms with E-state index in [0.29, 0.717) is 18.0 Å². The summed E-state index contributed by atoms with van der Waals surface area (Å²) in [5.41, 5.74) is 7.42. The van der Waals surface area contributed by atoms with Gasteiger partial charge in [-0.2, -0.15) is 0 Å².